The smallest absolute Gasteiger partial charge is 0.119 e. The fraction of sp³-hybridized carbons (Fsp3) is 0.429. The van der Waals surface area contributed by atoms with Crippen LogP contribution in [0.25, 0.3) is 5.57 Å². The first kappa shape index (κ1) is 12.8. The van der Waals surface area contributed by atoms with Crippen molar-refractivity contribution in [2.24, 2.45) is 5.92 Å². The predicted molar refractivity (Wildman–Crippen MR) is 69.7 cm³/mol. The van der Waals surface area contributed by atoms with E-state index < -0.39 is 0 Å². The molecule has 0 aliphatic rings. The first-order valence-electron chi connectivity index (χ1n) is 5.52. The quantitative estimate of drug-likeness (QED) is 0.755. The average molecular weight is 219 g/mol. The number of nitrogens with zero attached hydrogens (tertiary/aromatic N) is 1. The molecule has 0 heterocycles. The molecular formula is C14H21NO. The molecule has 1 aromatic rings. The summed E-state index contributed by atoms with van der Waals surface area (Å²) in [6.07, 6.45) is 0. The van der Waals surface area contributed by atoms with E-state index in [4.69, 9.17) is 4.74 Å². The Labute approximate surface area is 98.5 Å². The molecule has 0 bridgehead atoms. The molecule has 2 heteroatoms. The highest BCUT2D eigenvalue weighted by Gasteiger charge is 2.10. The second kappa shape index (κ2) is 5.71. The van der Waals surface area contributed by atoms with Gasteiger partial charge in [0.05, 0.1) is 7.11 Å². The summed E-state index contributed by atoms with van der Waals surface area (Å²) in [4.78, 5) is 2.18. The third-order valence-electron chi connectivity index (χ3n) is 2.67. The van der Waals surface area contributed by atoms with Crippen molar-refractivity contribution in [3.8, 4) is 5.75 Å². The SMILES string of the molecule is C=C(c1cccc(OC)c1)C(C)CN(C)C. The summed E-state index contributed by atoms with van der Waals surface area (Å²) in [6.45, 7) is 7.38. The topological polar surface area (TPSA) is 12.5 Å². The standard InChI is InChI=1S/C14H21NO/c1-11(10-15(3)4)12(2)13-7-6-8-14(9-13)16-5/h6-9,11H,2,10H2,1,3-5H3. The highest BCUT2D eigenvalue weighted by molar-refractivity contribution is 5.66. The lowest BCUT2D eigenvalue weighted by Gasteiger charge is -2.19. The summed E-state index contributed by atoms with van der Waals surface area (Å²) in [6, 6.07) is 8.07. The van der Waals surface area contributed by atoms with Crippen LogP contribution in [0.3, 0.4) is 0 Å². The highest BCUT2D eigenvalue weighted by Crippen LogP contribution is 2.24. The van der Waals surface area contributed by atoms with Crippen molar-refractivity contribution in [2.75, 3.05) is 27.7 Å². The van der Waals surface area contributed by atoms with E-state index in [1.165, 1.54) is 0 Å². The van der Waals surface area contributed by atoms with Crippen molar-refractivity contribution in [1.82, 2.24) is 4.90 Å². The number of ether oxygens (including phenoxy) is 1. The van der Waals surface area contributed by atoms with Gasteiger partial charge in [0.2, 0.25) is 0 Å². The minimum absolute atomic E-state index is 0.446. The van der Waals surface area contributed by atoms with E-state index in [2.05, 4.69) is 38.6 Å². The monoisotopic (exact) mass is 219 g/mol. The van der Waals surface area contributed by atoms with Gasteiger partial charge in [-0.2, -0.15) is 0 Å². The zero-order chi connectivity index (χ0) is 12.1. The van der Waals surface area contributed by atoms with E-state index in [0.29, 0.717) is 5.92 Å². The van der Waals surface area contributed by atoms with Crippen molar-refractivity contribution in [3.05, 3.63) is 36.4 Å². The molecule has 0 fully saturated rings. The summed E-state index contributed by atoms with van der Waals surface area (Å²) < 4.78 is 5.21. The van der Waals surface area contributed by atoms with Gasteiger partial charge in [-0.15, -0.1) is 0 Å². The zero-order valence-corrected chi connectivity index (χ0v) is 10.7. The maximum Gasteiger partial charge on any atom is 0.119 e. The normalized spacial score (nSPS) is 12.6. The van der Waals surface area contributed by atoms with Crippen LogP contribution in [0.2, 0.25) is 0 Å². The number of hydrogen-bond donors (Lipinski definition) is 0. The molecule has 0 aromatic heterocycles. The van der Waals surface area contributed by atoms with Crippen molar-refractivity contribution < 1.29 is 4.74 Å². The van der Waals surface area contributed by atoms with Gasteiger partial charge in [-0.3, -0.25) is 0 Å². The van der Waals surface area contributed by atoms with Crippen molar-refractivity contribution in [3.63, 3.8) is 0 Å². The molecular weight excluding hydrogens is 198 g/mol. The molecule has 1 unspecified atom stereocenters. The minimum Gasteiger partial charge on any atom is -0.497 e. The molecule has 0 radical (unpaired) electrons. The number of hydrogen-bond acceptors (Lipinski definition) is 2. The second-order valence-corrected chi connectivity index (χ2v) is 4.42. The van der Waals surface area contributed by atoms with Crippen LogP contribution in [0.4, 0.5) is 0 Å². The Balaban J connectivity index is 2.79. The summed E-state index contributed by atoms with van der Waals surface area (Å²) in [5.74, 6) is 1.33. The zero-order valence-electron chi connectivity index (χ0n) is 10.7. The van der Waals surface area contributed by atoms with E-state index in [9.17, 15) is 0 Å². The first-order chi connectivity index (χ1) is 7.54. The van der Waals surface area contributed by atoms with Gasteiger partial charge in [-0.1, -0.05) is 25.6 Å². The van der Waals surface area contributed by atoms with Crippen molar-refractivity contribution >= 4 is 5.57 Å². The molecule has 88 valence electrons. The Hall–Kier alpha value is -1.28. The molecule has 1 rings (SSSR count). The van der Waals surface area contributed by atoms with Gasteiger partial charge < -0.3 is 9.64 Å². The highest BCUT2D eigenvalue weighted by atomic mass is 16.5. The lowest BCUT2D eigenvalue weighted by atomic mass is 9.95. The van der Waals surface area contributed by atoms with Crippen molar-refractivity contribution in [2.45, 2.75) is 6.92 Å². The lowest BCUT2D eigenvalue weighted by Crippen LogP contribution is -2.20. The van der Waals surface area contributed by atoms with E-state index in [1.54, 1.807) is 7.11 Å². The molecule has 0 aliphatic heterocycles. The van der Waals surface area contributed by atoms with Crippen LogP contribution in [0.5, 0.6) is 5.75 Å². The Morgan fingerprint density at radius 2 is 2.12 bits per heavy atom. The molecule has 16 heavy (non-hydrogen) atoms. The molecule has 1 atom stereocenters. The number of benzene rings is 1. The minimum atomic E-state index is 0.446. The predicted octanol–water partition coefficient (Wildman–Crippen LogP) is 2.91. The molecule has 0 amide bonds. The van der Waals surface area contributed by atoms with Crippen LogP contribution < -0.4 is 4.74 Å². The van der Waals surface area contributed by atoms with E-state index in [1.807, 2.05) is 18.2 Å². The largest absolute Gasteiger partial charge is 0.497 e. The van der Waals surface area contributed by atoms with Gasteiger partial charge in [-0.05, 0) is 43.3 Å². The maximum absolute atomic E-state index is 5.21. The van der Waals surface area contributed by atoms with Gasteiger partial charge in [-0.25, -0.2) is 0 Å². The van der Waals surface area contributed by atoms with Crippen LogP contribution in [0.15, 0.2) is 30.8 Å². The summed E-state index contributed by atoms with van der Waals surface area (Å²) in [5, 5.41) is 0. The van der Waals surface area contributed by atoms with Crippen LogP contribution >= 0.6 is 0 Å². The number of rotatable bonds is 5. The van der Waals surface area contributed by atoms with Crippen LogP contribution in [-0.2, 0) is 0 Å². The average Bonchev–Trinajstić information content (AvgIpc) is 2.27. The first-order valence-corrected chi connectivity index (χ1v) is 5.52. The molecule has 0 N–H and O–H groups in total. The van der Waals surface area contributed by atoms with Crippen LogP contribution in [-0.4, -0.2) is 32.6 Å². The molecule has 2 nitrogen and oxygen atoms in total. The number of methoxy groups -OCH3 is 1. The fourth-order valence-corrected chi connectivity index (χ4v) is 1.77. The third kappa shape index (κ3) is 3.38. The van der Waals surface area contributed by atoms with E-state index in [-0.39, 0.29) is 0 Å². The van der Waals surface area contributed by atoms with Gasteiger partial charge in [0.25, 0.3) is 0 Å². The summed E-state index contributed by atoms with van der Waals surface area (Å²) in [7, 11) is 5.84. The Morgan fingerprint density at radius 3 is 2.69 bits per heavy atom. The van der Waals surface area contributed by atoms with Gasteiger partial charge in [0.15, 0.2) is 0 Å². The molecule has 0 saturated heterocycles. The van der Waals surface area contributed by atoms with Gasteiger partial charge in [0.1, 0.15) is 5.75 Å². The second-order valence-electron chi connectivity index (χ2n) is 4.42. The Kier molecular flexibility index (Phi) is 4.56. The van der Waals surface area contributed by atoms with Gasteiger partial charge in [0, 0.05) is 6.54 Å². The van der Waals surface area contributed by atoms with Crippen molar-refractivity contribution in [1.29, 1.82) is 0 Å². The molecule has 1 aromatic carbocycles. The molecule has 0 saturated carbocycles. The summed E-state index contributed by atoms with van der Waals surface area (Å²) in [5.41, 5.74) is 2.32. The third-order valence-corrected chi connectivity index (χ3v) is 2.67. The van der Waals surface area contributed by atoms with Gasteiger partial charge >= 0.3 is 0 Å². The maximum atomic E-state index is 5.21. The summed E-state index contributed by atoms with van der Waals surface area (Å²) >= 11 is 0. The Bertz CT molecular complexity index is 358. The molecule has 0 spiro atoms. The van der Waals surface area contributed by atoms with Crippen LogP contribution in [0, 0.1) is 5.92 Å². The van der Waals surface area contributed by atoms with E-state index >= 15 is 0 Å². The molecule has 0 aliphatic carbocycles. The fourth-order valence-electron chi connectivity index (χ4n) is 1.77. The Morgan fingerprint density at radius 1 is 1.44 bits per heavy atom. The van der Waals surface area contributed by atoms with Crippen LogP contribution in [0.1, 0.15) is 12.5 Å². The van der Waals surface area contributed by atoms with E-state index in [0.717, 1.165) is 23.4 Å². The lowest BCUT2D eigenvalue weighted by molar-refractivity contribution is 0.376.